The van der Waals surface area contributed by atoms with Crippen molar-refractivity contribution in [3.63, 3.8) is 0 Å². The summed E-state index contributed by atoms with van der Waals surface area (Å²) in [5, 5.41) is 22.7. The highest BCUT2D eigenvalue weighted by molar-refractivity contribution is 6.31. The van der Waals surface area contributed by atoms with Crippen LogP contribution in [0.2, 0.25) is 0 Å². The van der Waals surface area contributed by atoms with Crippen LogP contribution in [0.5, 0.6) is 0 Å². The Morgan fingerprint density at radius 1 is 0.814 bits per heavy atom. The van der Waals surface area contributed by atoms with Gasteiger partial charge in [0.05, 0.1) is 11.4 Å². The van der Waals surface area contributed by atoms with Gasteiger partial charge in [0.15, 0.2) is 0 Å². The quantitative estimate of drug-likeness (QED) is 0.273. The fourth-order valence-electron chi connectivity index (χ4n) is 5.33. The zero-order valence-electron chi connectivity index (χ0n) is 24.6. The number of H-pyrrole nitrogens is 2. The molecule has 0 fully saturated rings. The van der Waals surface area contributed by atoms with E-state index in [4.69, 9.17) is 0 Å². The molecule has 0 saturated carbocycles. The van der Waals surface area contributed by atoms with Gasteiger partial charge >= 0.3 is 11.9 Å². The summed E-state index contributed by atoms with van der Waals surface area (Å²) in [5.41, 5.74) is 8.14. The zero-order valence-corrected chi connectivity index (χ0v) is 24.6. The molecule has 0 saturated heterocycles. The standard InChI is InChI=1S/C33H34N4O6/c1-7-20-16(3)24(14-27-21(8-2)18(5)32(42)36-27)34-26(20)13-25-17(4)22(9-11-30(38)39)28(35-25)15-29-23(10-12-31(40)41)19(6)33(43)37-29/h7-8,13-15,34-35H,1-2,9-12H2,3-6H3,(H,36,42)(H,38,39)(H,40,41). The molecule has 2 amide bonds. The SMILES string of the molecule is C=CC1=C(C)C(=O)NC1=Cc1[nH]c(C=c2[nH]c(=CC3=NC(=O)C(C)=C3CCC(=O)O)c(CCC(=O)O)c2C)c(C=C)c1C. The van der Waals surface area contributed by atoms with Crippen molar-refractivity contribution in [1.29, 1.82) is 0 Å². The van der Waals surface area contributed by atoms with E-state index in [0.717, 1.165) is 39.2 Å². The van der Waals surface area contributed by atoms with Crippen LogP contribution in [0.4, 0.5) is 0 Å². The van der Waals surface area contributed by atoms with Crippen LogP contribution in [0, 0.1) is 13.8 Å². The molecule has 4 rings (SSSR count). The minimum atomic E-state index is -0.981. The van der Waals surface area contributed by atoms with Crippen LogP contribution in [0.25, 0.3) is 24.3 Å². The van der Waals surface area contributed by atoms with E-state index < -0.39 is 17.8 Å². The number of aromatic nitrogens is 2. The smallest absolute Gasteiger partial charge is 0.303 e. The molecule has 0 spiro atoms. The average molecular weight is 583 g/mol. The van der Waals surface area contributed by atoms with Gasteiger partial charge in [-0.2, -0.15) is 0 Å². The van der Waals surface area contributed by atoms with Crippen LogP contribution in [0.15, 0.2) is 52.2 Å². The van der Waals surface area contributed by atoms with Crippen molar-refractivity contribution < 1.29 is 29.4 Å². The number of allylic oxidation sites excluding steroid dienone is 2. The number of carboxylic acid groups (broad SMARTS) is 2. The first kappa shape index (κ1) is 30.7. The number of aromatic amines is 2. The van der Waals surface area contributed by atoms with E-state index in [-0.39, 0.29) is 31.6 Å². The number of nitrogens with zero attached hydrogens (tertiary/aromatic N) is 1. The van der Waals surface area contributed by atoms with Crippen LogP contribution in [0.1, 0.15) is 66.8 Å². The normalized spacial score (nSPS) is 16.9. The molecule has 0 aromatic carbocycles. The van der Waals surface area contributed by atoms with Gasteiger partial charge in [0.25, 0.3) is 11.8 Å². The van der Waals surface area contributed by atoms with Gasteiger partial charge in [-0.15, -0.1) is 0 Å². The average Bonchev–Trinajstić information content (AvgIpc) is 3.59. The van der Waals surface area contributed by atoms with Crippen LogP contribution in [-0.2, 0) is 25.6 Å². The Labute approximate surface area is 248 Å². The molecular weight excluding hydrogens is 548 g/mol. The first-order chi connectivity index (χ1) is 20.4. The third kappa shape index (κ3) is 6.18. The van der Waals surface area contributed by atoms with E-state index in [1.54, 1.807) is 32.1 Å². The maximum absolute atomic E-state index is 12.4. The molecule has 2 aromatic rings. The predicted octanol–water partition coefficient (Wildman–Crippen LogP) is 3.36. The van der Waals surface area contributed by atoms with E-state index in [2.05, 4.69) is 33.4 Å². The molecule has 2 aliphatic rings. The highest BCUT2D eigenvalue weighted by Gasteiger charge is 2.24. The van der Waals surface area contributed by atoms with Crippen molar-refractivity contribution in [2.45, 2.75) is 53.4 Å². The van der Waals surface area contributed by atoms with Crippen LogP contribution in [-0.4, -0.2) is 49.6 Å². The second-order valence-corrected chi connectivity index (χ2v) is 10.5. The molecule has 222 valence electrons. The van der Waals surface area contributed by atoms with Gasteiger partial charge < -0.3 is 25.5 Å². The lowest BCUT2D eigenvalue weighted by Gasteiger charge is -2.03. The van der Waals surface area contributed by atoms with E-state index in [0.29, 0.717) is 38.8 Å². The zero-order chi connectivity index (χ0) is 31.6. The molecule has 5 N–H and O–H groups in total. The number of carbonyl (C=O) groups is 4. The molecule has 4 heterocycles. The van der Waals surface area contributed by atoms with Gasteiger partial charge in [-0.05, 0) is 81.0 Å². The van der Waals surface area contributed by atoms with Crippen LogP contribution >= 0.6 is 0 Å². The second kappa shape index (κ2) is 12.3. The molecule has 0 atom stereocenters. The van der Waals surface area contributed by atoms with E-state index >= 15 is 0 Å². The Kier molecular flexibility index (Phi) is 8.80. The monoisotopic (exact) mass is 582 g/mol. The lowest BCUT2D eigenvalue weighted by molar-refractivity contribution is -0.137. The summed E-state index contributed by atoms with van der Waals surface area (Å²) in [4.78, 5) is 58.2. The maximum Gasteiger partial charge on any atom is 0.303 e. The fraction of sp³-hybridized carbons (Fsp3) is 0.242. The third-order valence-corrected chi connectivity index (χ3v) is 7.85. The molecule has 0 aliphatic carbocycles. The number of carbonyl (C=O) groups excluding carboxylic acids is 2. The predicted molar refractivity (Wildman–Crippen MR) is 165 cm³/mol. The minimum absolute atomic E-state index is 0.105. The molecule has 43 heavy (non-hydrogen) atoms. The Hall–Kier alpha value is -5.25. The molecule has 0 bridgehead atoms. The molecule has 0 radical (unpaired) electrons. The Balaban J connectivity index is 1.86. The number of hydrogen-bond donors (Lipinski definition) is 5. The summed E-state index contributed by atoms with van der Waals surface area (Å²) in [6.45, 7) is 15.0. The molecular formula is C33H34N4O6. The largest absolute Gasteiger partial charge is 0.481 e. The number of amides is 2. The Morgan fingerprint density at radius 3 is 2.12 bits per heavy atom. The first-order valence-electron chi connectivity index (χ1n) is 13.8. The molecule has 0 unspecified atom stereocenters. The summed E-state index contributed by atoms with van der Waals surface area (Å²) in [6.07, 6.45) is 8.95. The minimum Gasteiger partial charge on any atom is -0.481 e. The summed E-state index contributed by atoms with van der Waals surface area (Å²) >= 11 is 0. The summed E-state index contributed by atoms with van der Waals surface area (Å²) < 4.78 is 0. The number of aliphatic carboxylic acids is 2. The number of aliphatic imine (C=N–C) groups is 1. The molecule has 2 aromatic heterocycles. The lowest BCUT2D eigenvalue weighted by atomic mass is 10.00. The molecule has 10 heteroatoms. The van der Waals surface area contributed by atoms with Crippen molar-refractivity contribution in [3.8, 4) is 0 Å². The van der Waals surface area contributed by atoms with E-state index in [9.17, 15) is 29.4 Å². The van der Waals surface area contributed by atoms with Gasteiger partial charge in [0, 0.05) is 57.2 Å². The number of rotatable bonds is 11. The second-order valence-electron chi connectivity index (χ2n) is 10.5. The highest BCUT2D eigenvalue weighted by Crippen LogP contribution is 2.27. The lowest BCUT2D eigenvalue weighted by Crippen LogP contribution is -2.16. The van der Waals surface area contributed by atoms with Crippen LogP contribution < -0.4 is 16.0 Å². The van der Waals surface area contributed by atoms with Crippen molar-refractivity contribution in [2.24, 2.45) is 4.99 Å². The van der Waals surface area contributed by atoms with Crippen LogP contribution in [0.3, 0.4) is 0 Å². The van der Waals surface area contributed by atoms with Crippen molar-refractivity contribution >= 4 is 53.8 Å². The number of carboxylic acids is 2. The third-order valence-electron chi connectivity index (χ3n) is 7.85. The summed E-state index contributed by atoms with van der Waals surface area (Å²) in [5.74, 6) is -2.52. The van der Waals surface area contributed by atoms with Gasteiger partial charge in [-0.1, -0.05) is 25.3 Å². The van der Waals surface area contributed by atoms with E-state index in [1.165, 1.54) is 0 Å². The van der Waals surface area contributed by atoms with Gasteiger partial charge in [0.1, 0.15) is 0 Å². The number of hydrogen-bond acceptors (Lipinski definition) is 4. The fourth-order valence-corrected chi connectivity index (χ4v) is 5.33. The van der Waals surface area contributed by atoms with Crippen molar-refractivity contribution in [1.82, 2.24) is 15.3 Å². The van der Waals surface area contributed by atoms with Gasteiger partial charge in [0.2, 0.25) is 0 Å². The highest BCUT2D eigenvalue weighted by atomic mass is 16.4. The molecule has 10 nitrogen and oxygen atoms in total. The topological polar surface area (TPSA) is 165 Å². The first-order valence-corrected chi connectivity index (χ1v) is 13.8. The molecule has 2 aliphatic heterocycles. The van der Waals surface area contributed by atoms with Crippen molar-refractivity contribution in [2.75, 3.05) is 0 Å². The maximum atomic E-state index is 12.4. The summed E-state index contributed by atoms with van der Waals surface area (Å²) in [6, 6.07) is 0. The Morgan fingerprint density at radius 2 is 1.49 bits per heavy atom. The summed E-state index contributed by atoms with van der Waals surface area (Å²) in [7, 11) is 0. The number of nitrogens with one attached hydrogen (secondary N) is 3. The van der Waals surface area contributed by atoms with Crippen molar-refractivity contribution in [3.05, 3.63) is 91.6 Å². The van der Waals surface area contributed by atoms with Gasteiger partial charge in [-0.25, -0.2) is 4.99 Å². The van der Waals surface area contributed by atoms with Gasteiger partial charge in [-0.3, -0.25) is 19.2 Å². The Bertz CT molecular complexity index is 1860. The van der Waals surface area contributed by atoms with E-state index in [1.807, 2.05) is 26.0 Å².